The third-order valence-corrected chi connectivity index (χ3v) is 1.28. The molecule has 46 valence electrons. The Balaban J connectivity index is 3.42. The number of aliphatic imine (C=N–C) groups is 1. The lowest BCUT2D eigenvalue weighted by atomic mass is 10.1. The van der Waals surface area contributed by atoms with Crippen molar-refractivity contribution in [3.8, 4) is 0 Å². The van der Waals surface area contributed by atoms with Gasteiger partial charge in [0.1, 0.15) is 5.69 Å². The minimum atomic E-state index is -0.512. The average Bonchev–Trinajstić information content (AvgIpc) is 1.89. The highest BCUT2D eigenvalue weighted by atomic mass is 16.2. The first-order valence-electron chi connectivity index (χ1n) is 2.45. The predicted molar refractivity (Wildman–Crippen MR) is 35.3 cm³/mol. The summed E-state index contributed by atoms with van der Waals surface area (Å²) in [6.45, 7) is 4.70. The van der Waals surface area contributed by atoms with Gasteiger partial charge in [0, 0.05) is 5.56 Å². The van der Waals surface area contributed by atoms with Gasteiger partial charge in [-0.3, -0.25) is 14.6 Å². The fourth-order valence-electron chi connectivity index (χ4n) is 0.684. The summed E-state index contributed by atoms with van der Waals surface area (Å²) in [6, 6.07) is 0. The Bertz CT molecular complexity index is 318. The quantitative estimate of drug-likeness (QED) is 0.387. The fourth-order valence-corrected chi connectivity index (χ4v) is 0.684. The van der Waals surface area contributed by atoms with Crippen LogP contribution in [0.1, 0.15) is 5.56 Å². The summed E-state index contributed by atoms with van der Waals surface area (Å²) in [6.07, 6.45) is 0. The molecule has 0 heterocycles. The molecule has 9 heavy (non-hydrogen) atoms. The Hall–Kier alpha value is -1.25. The van der Waals surface area contributed by atoms with Crippen molar-refractivity contribution in [2.45, 2.75) is 6.92 Å². The van der Waals surface area contributed by atoms with Gasteiger partial charge in [0.25, 0.3) is 5.43 Å². The van der Waals surface area contributed by atoms with Gasteiger partial charge < -0.3 is 0 Å². The van der Waals surface area contributed by atoms with Crippen LogP contribution in [0.4, 0.5) is 5.69 Å². The zero-order valence-corrected chi connectivity index (χ0v) is 4.97. The van der Waals surface area contributed by atoms with Crippen LogP contribution in [0.5, 0.6) is 0 Å². The lowest BCUT2D eigenvalue weighted by Crippen LogP contribution is -2.32. The van der Waals surface area contributed by atoms with Crippen LogP contribution in [0.3, 0.4) is 0 Å². The normalized spacial score (nSPS) is 9.89. The summed E-state index contributed by atoms with van der Waals surface area (Å²) in [7, 11) is 0. The lowest BCUT2D eigenvalue weighted by Gasteiger charge is -1.96. The van der Waals surface area contributed by atoms with E-state index >= 15 is 0 Å². The van der Waals surface area contributed by atoms with E-state index in [1.165, 1.54) is 0 Å². The minimum absolute atomic E-state index is 0.222. The van der Waals surface area contributed by atoms with Crippen molar-refractivity contribution in [1.29, 1.82) is 0 Å². The molecule has 0 saturated carbocycles. The molecule has 3 heteroatoms. The van der Waals surface area contributed by atoms with Crippen molar-refractivity contribution in [2.75, 3.05) is 0 Å². The zero-order chi connectivity index (χ0) is 7.02. The summed E-state index contributed by atoms with van der Waals surface area (Å²) in [5.41, 5.74) is -0.296. The van der Waals surface area contributed by atoms with E-state index in [-0.39, 0.29) is 5.69 Å². The molecule has 0 saturated heterocycles. The second-order valence-electron chi connectivity index (χ2n) is 1.79. The highest BCUT2D eigenvalue weighted by Crippen LogP contribution is 2.07. The third-order valence-electron chi connectivity index (χ3n) is 1.28. The maximum absolute atomic E-state index is 10.5. The van der Waals surface area contributed by atoms with E-state index in [9.17, 15) is 9.59 Å². The van der Waals surface area contributed by atoms with E-state index in [2.05, 4.69) is 11.7 Å². The second-order valence-corrected chi connectivity index (χ2v) is 1.79. The first kappa shape index (κ1) is 5.88. The van der Waals surface area contributed by atoms with Gasteiger partial charge in [0.05, 0.1) is 0 Å². The molecule has 0 fully saturated rings. The molecule has 0 aliphatic heterocycles. The number of rotatable bonds is 1. The van der Waals surface area contributed by atoms with Gasteiger partial charge in [-0.2, -0.15) is 0 Å². The van der Waals surface area contributed by atoms with Crippen molar-refractivity contribution < 1.29 is 0 Å². The molecule has 0 aliphatic rings. The van der Waals surface area contributed by atoms with E-state index in [4.69, 9.17) is 0 Å². The van der Waals surface area contributed by atoms with E-state index in [1.807, 2.05) is 0 Å². The molecule has 0 aromatic heterocycles. The van der Waals surface area contributed by atoms with Gasteiger partial charge in [-0.1, -0.05) is 0 Å². The predicted octanol–water partition coefficient (Wildman–Crippen LogP) is -0.0769. The molecular weight excluding hydrogens is 118 g/mol. The first-order valence-corrected chi connectivity index (χ1v) is 2.45. The van der Waals surface area contributed by atoms with Gasteiger partial charge in [-0.05, 0) is 13.6 Å². The van der Waals surface area contributed by atoms with Crippen LogP contribution < -0.4 is 10.9 Å². The van der Waals surface area contributed by atoms with Crippen LogP contribution >= 0.6 is 0 Å². The lowest BCUT2D eigenvalue weighted by molar-refractivity contribution is 1.24. The molecule has 0 amide bonds. The van der Waals surface area contributed by atoms with Crippen molar-refractivity contribution in [2.24, 2.45) is 4.99 Å². The monoisotopic (exact) mass is 123 g/mol. The summed E-state index contributed by atoms with van der Waals surface area (Å²) in [5, 5.41) is 0. The summed E-state index contributed by atoms with van der Waals surface area (Å²) in [5.74, 6) is 0. The van der Waals surface area contributed by atoms with Crippen LogP contribution in [0.2, 0.25) is 0 Å². The van der Waals surface area contributed by atoms with Crippen LogP contribution in [0.15, 0.2) is 14.6 Å². The Morgan fingerprint density at radius 3 is 2.11 bits per heavy atom. The van der Waals surface area contributed by atoms with E-state index in [1.54, 1.807) is 6.92 Å². The fraction of sp³-hybridized carbons (Fsp3) is 0.167. The van der Waals surface area contributed by atoms with Crippen molar-refractivity contribution in [3.63, 3.8) is 0 Å². The minimum Gasteiger partial charge on any atom is -0.285 e. The molecule has 0 unspecified atom stereocenters. The molecule has 0 aliphatic carbocycles. The van der Waals surface area contributed by atoms with Gasteiger partial charge in [-0.25, -0.2) is 0 Å². The second kappa shape index (κ2) is 1.62. The maximum Gasteiger partial charge on any atom is 0.251 e. The summed E-state index contributed by atoms with van der Waals surface area (Å²) >= 11 is 0. The molecule has 1 rings (SSSR count). The molecule has 1 aromatic rings. The Kier molecular flexibility index (Phi) is 1.06. The smallest absolute Gasteiger partial charge is 0.251 e. The third kappa shape index (κ3) is 0.543. The Labute approximate surface area is 51.4 Å². The van der Waals surface area contributed by atoms with Gasteiger partial charge in [0.2, 0.25) is 5.43 Å². The van der Waals surface area contributed by atoms with Crippen LogP contribution in [0.25, 0.3) is 0 Å². The zero-order valence-electron chi connectivity index (χ0n) is 4.97. The van der Waals surface area contributed by atoms with Crippen molar-refractivity contribution in [1.82, 2.24) is 0 Å². The standard InChI is InChI=1S/C6H5NO2/c1-3-4(7-2)6(9)5(3)8/h2H2,1H3. The van der Waals surface area contributed by atoms with Crippen LogP contribution in [-0.2, 0) is 0 Å². The van der Waals surface area contributed by atoms with Crippen molar-refractivity contribution in [3.05, 3.63) is 26.0 Å². The SMILES string of the molecule is C=Nc1c(C)c(=O)c1=O. The summed E-state index contributed by atoms with van der Waals surface area (Å²) < 4.78 is 0. The van der Waals surface area contributed by atoms with Gasteiger partial charge in [-0.15, -0.1) is 0 Å². The molecule has 1 aromatic carbocycles. The highest BCUT2D eigenvalue weighted by molar-refractivity contribution is 5.54. The van der Waals surface area contributed by atoms with E-state index < -0.39 is 10.9 Å². The molecular formula is C6H5NO2. The molecule has 0 radical (unpaired) electrons. The van der Waals surface area contributed by atoms with Crippen LogP contribution in [0, 0.1) is 6.92 Å². The Morgan fingerprint density at radius 1 is 1.33 bits per heavy atom. The van der Waals surface area contributed by atoms with Crippen LogP contribution in [-0.4, -0.2) is 6.72 Å². The molecule has 0 bridgehead atoms. The summed E-state index contributed by atoms with van der Waals surface area (Å²) in [4.78, 5) is 24.3. The Morgan fingerprint density at radius 2 is 1.89 bits per heavy atom. The molecule has 0 N–H and O–H groups in total. The molecule has 0 spiro atoms. The maximum atomic E-state index is 10.5. The highest BCUT2D eigenvalue weighted by Gasteiger charge is 2.13. The average molecular weight is 123 g/mol. The largest absolute Gasteiger partial charge is 0.285 e. The first-order chi connectivity index (χ1) is 4.18. The number of hydrogen-bond acceptors (Lipinski definition) is 3. The molecule has 0 atom stereocenters. The van der Waals surface area contributed by atoms with Gasteiger partial charge in [0.15, 0.2) is 0 Å². The number of nitrogens with zero attached hydrogens (tertiary/aromatic N) is 1. The van der Waals surface area contributed by atoms with E-state index in [0.29, 0.717) is 5.56 Å². The van der Waals surface area contributed by atoms with Crippen molar-refractivity contribution >= 4 is 12.4 Å². The van der Waals surface area contributed by atoms with Gasteiger partial charge >= 0.3 is 0 Å². The topological polar surface area (TPSA) is 46.5 Å². The molecule has 3 nitrogen and oxygen atoms in total. The van der Waals surface area contributed by atoms with E-state index in [0.717, 1.165) is 0 Å². The number of hydrogen-bond donors (Lipinski definition) is 0.